The van der Waals surface area contributed by atoms with Gasteiger partial charge in [-0.3, -0.25) is 0 Å². The van der Waals surface area contributed by atoms with Crippen LogP contribution in [0.5, 0.6) is 5.75 Å². The molecule has 0 aliphatic rings. The minimum atomic E-state index is 0.378. The highest BCUT2D eigenvalue weighted by molar-refractivity contribution is 5.30. The molecule has 1 N–H and O–H groups in total. The van der Waals surface area contributed by atoms with Crippen LogP contribution in [-0.4, -0.2) is 13.2 Å². The van der Waals surface area contributed by atoms with Gasteiger partial charge in [0.2, 0.25) is 0 Å². The normalized spacial score (nSPS) is 12.7. The molecule has 0 spiro atoms. The van der Waals surface area contributed by atoms with Crippen molar-refractivity contribution in [3.05, 3.63) is 29.8 Å². The Morgan fingerprint density at radius 1 is 1.17 bits per heavy atom. The van der Waals surface area contributed by atoms with Gasteiger partial charge in [-0.15, -0.1) is 0 Å². The number of benzene rings is 1. The molecule has 0 aliphatic carbocycles. The molecule has 0 heterocycles. The molecule has 0 aliphatic heterocycles. The van der Waals surface area contributed by atoms with E-state index in [-0.39, 0.29) is 0 Å². The number of hydrogen-bond donors (Lipinski definition) is 1. The molecule has 18 heavy (non-hydrogen) atoms. The Hall–Kier alpha value is -1.02. The molecule has 2 heteroatoms. The van der Waals surface area contributed by atoms with E-state index in [2.05, 4.69) is 44.3 Å². The molecule has 0 amide bonds. The van der Waals surface area contributed by atoms with Crippen LogP contribution in [0.25, 0.3) is 0 Å². The lowest BCUT2D eigenvalue weighted by Crippen LogP contribution is -2.31. The van der Waals surface area contributed by atoms with Crippen molar-refractivity contribution in [1.29, 1.82) is 0 Å². The highest BCUT2D eigenvalue weighted by atomic mass is 16.5. The summed E-state index contributed by atoms with van der Waals surface area (Å²) in [6, 6.07) is 9.33. The van der Waals surface area contributed by atoms with E-state index >= 15 is 0 Å². The second-order valence-electron chi connectivity index (χ2n) is 4.94. The van der Waals surface area contributed by atoms with Crippen LogP contribution in [0.15, 0.2) is 24.3 Å². The van der Waals surface area contributed by atoms with Crippen LogP contribution in [0.3, 0.4) is 0 Å². The molecule has 2 nitrogen and oxygen atoms in total. The fraction of sp³-hybridized carbons (Fsp3) is 0.625. The minimum absolute atomic E-state index is 0.378. The summed E-state index contributed by atoms with van der Waals surface area (Å²) in [5.41, 5.74) is 1.30. The third kappa shape index (κ3) is 4.69. The summed E-state index contributed by atoms with van der Waals surface area (Å²) in [6.45, 7) is 6.73. The van der Waals surface area contributed by atoms with Gasteiger partial charge in [-0.2, -0.15) is 0 Å². The van der Waals surface area contributed by atoms with E-state index in [0.717, 1.165) is 5.75 Å². The maximum absolute atomic E-state index is 5.28. The van der Waals surface area contributed by atoms with Crippen LogP contribution >= 0.6 is 0 Å². The zero-order valence-electron chi connectivity index (χ0n) is 12.2. The molecule has 0 bridgehead atoms. The molecule has 0 aromatic heterocycles. The van der Waals surface area contributed by atoms with Crippen LogP contribution in [0, 0.1) is 0 Å². The molecule has 0 radical (unpaired) electrons. The summed E-state index contributed by atoms with van der Waals surface area (Å²) in [7, 11) is 1.72. The number of rotatable bonds is 8. The predicted molar refractivity (Wildman–Crippen MR) is 78.1 cm³/mol. The maximum Gasteiger partial charge on any atom is 0.119 e. The second kappa shape index (κ2) is 8.15. The van der Waals surface area contributed by atoms with E-state index in [4.69, 9.17) is 4.74 Å². The maximum atomic E-state index is 5.28. The summed E-state index contributed by atoms with van der Waals surface area (Å²) < 4.78 is 5.28. The summed E-state index contributed by atoms with van der Waals surface area (Å²) in [5.74, 6) is 0.934. The Balaban J connectivity index is 2.63. The molecular weight excluding hydrogens is 222 g/mol. The van der Waals surface area contributed by atoms with E-state index in [1.807, 2.05) is 6.07 Å². The molecule has 1 atom stereocenters. The van der Waals surface area contributed by atoms with Gasteiger partial charge in [-0.1, -0.05) is 38.8 Å². The Morgan fingerprint density at radius 3 is 2.39 bits per heavy atom. The average Bonchev–Trinajstić information content (AvgIpc) is 2.39. The molecule has 0 saturated carbocycles. The van der Waals surface area contributed by atoms with E-state index in [9.17, 15) is 0 Å². The predicted octanol–water partition coefficient (Wildman–Crippen LogP) is 4.31. The molecule has 1 aromatic carbocycles. The summed E-state index contributed by atoms with van der Waals surface area (Å²) in [4.78, 5) is 0. The number of nitrogens with one attached hydrogen (secondary N) is 1. The molecule has 102 valence electrons. The van der Waals surface area contributed by atoms with Crippen LogP contribution in [0.1, 0.15) is 58.1 Å². The van der Waals surface area contributed by atoms with Gasteiger partial charge >= 0.3 is 0 Å². The summed E-state index contributed by atoms with van der Waals surface area (Å²) in [6.07, 6.45) is 4.98. The van der Waals surface area contributed by atoms with Crippen molar-refractivity contribution in [2.24, 2.45) is 0 Å². The van der Waals surface area contributed by atoms with Gasteiger partial charge in [-0.25, -0.2) is 0 Å². The van der Waals surface area contributed by atoms with Crippen LogP contribution in [0.2, 0.25) is 0 Å². The first-order chi connectivity index (χ1) is 8.71. The molecule has 1 aromatic rings. The fourth-order valence-electron chi connectivity index (χ4n) is 2.37. The second-order valence-corrected chi connectivity index (χ2v) is 4.94. The number of ether oxygens (including phenoxy) is 1. The van der Waals surface area contributed by atoms with Gasteiger partial charge < -0.3 is 10.1 Å². The van der Waals surface area contributed by atoms with Crippen molar-refractivity contribution in [1.82, 2.24) is 5.32 Å². The van der Waals surface area contributed by atoms with Crippen LogP contribution < -0.4 is 10.1 Å². The number of hydrogen-bond acceptors (Lipinski definition) is 2. The first-order valence-corrected chi connectivity index (χ1v) is 7.11. The molecule has 1 unspecified atom stereocenters. The largest absolute Gasteiger partial charge is 0.497 e. The van der Waals surface area contributed by atoms with Crippen molar-refractivity contribution in [3.8, 4) is 5.75 Å². The third-order valence-corrected chi connectivity index (χ3v) is 3.35. The Kier molecular flexibility index (Phi) is 6.81. The first kappa shape index (κ1) is 15.0. The average molecular weight is 249 g/mol. The van der Waals surface area contributed by atoms with Crippen LogP contribution in [-0.2, 0) is 0 Å². The van der Waals surface area contributed by atoms with Gasteiger partial charge in [0.05, 0.1) is 7.11 Å². The lowest BCUT2D eigenvalue weighted by molar-refractivity contribution is 0.397. The van der Waals surface area contributed by atoms with E-state index < -0.39 is 0 Å². The molecule has 0 saturated heterocycles. The molecule has 0 fully saturated rings. The summed E-state index contributed by atoms with van der Waals surface area (Å²) in [5, 5.41) is 3.73. The van der Waals surface area contributed by atoms with E-state index in [1.165, 1.54) is 31.2 Å². The SMILES string of the molecule is CCCC(CCC)NC(C)c1cccc(OC)c1. The van der Waals surface area contributed by atoms with Gasteiger partial charge in [0.15, 0.2) is 0 Å². The minimum Gasteiger partial charge on any atom is -0.497 e. The van der Waals surface area contributed by atoms with Crippen molar-refractivity contribution in [2.75, 3.05) is 7.11 Å². The summed E-state index contributed by atoms with van der Waals surface area (Å²) >= 11 is 0. The van der Waals surface area contributed by atoms with Crippen molar-refractivity contribution in [2.45, 2.75) is 58.5 Å². The fourth-order valence-corrected chi connectivity index (χ4v) is 2.37. The topological polar surface area (TPSA) is 21.3 Å². The van der Waals surface area contributed by atoms with E-state index in [0.29, 0.717) is 12.1 Å². The quantitative estimate of drug-likeness (QED) is 0.741. The molecule has 1 rings (SSSR count). The van der Waals surface area contributed by atoms with E-state index in [1.54, 1.807) is 7.11 Å². The monoisotopic (exact) mass is 249 g/mol. The van der Waals surface area contributed by atoms with Gasteiger partial charge in [0.1, 0.15) is 5.75 Å². The smallest absolute Gasteiger partial charge is 0.119 e. The van der Waals surface area contributed by atoms with Gasteiger partial charge in [0.25, 0.3) is 0 Å². The van der Waals surface area contributed by atoms with Crippen LogP contribution in [0.4, 0.5) is 0 Å². The Morgan fingerprint density at radius 2 is 1.83 bits per heavy atom. The van der Waals surface area contributed by atoms with Gasteiger partial charge in [0, 0.05) is 12.1 Å². The highest BCUT2D eigenvalue weighted by Gasteiger charge is 2.12. The molecular formula is C16H27NO. The highest BCUT2D eigenvalue weighted by Crippen LogP contribution is 2.20. The van der Waals surface area contributed by atoms with Crippen molar-refractivity contribution < 1.29 is 4.74 Å². The lowest BCUT2D eigenvalue weighted by Gasteiger charge is -2.23. The van der Waals surface area contributed by atoms with Crippen molar-refractivity contribution in [3.63, 3.8) is 0 Å². The van der Waals surface area contributed by atoms with Gasteiger partial charge in [-0.05, 0) is 37.5 Å². The number of methoxy groups -OCH3 is 1. The zero-order valence-corrected chi connectivity index (χ0v) is 12.2. The Labute approximate surface area is 112 Å². The zero-order chi connectivity index (χ0) is 13.4. The Bertz CT molecular complexity index is 332. The third-order valence-electron chi connectivity index (χ3n) is 3.35. The lowest BCUT2D eigenvalue weighted by atomic mass is 10.0. The first-order valence-electron chi connectivity index (χ1n) is 7.11. The van der Waals surface area contributed by atoms with Crippen molar-refractivity contribution >= 4 is 0 Å². The standard InChI is InChI=1S/C16H27NO/c1-5-8-15(9-6-2)17-13(3)14-10-7-11-16(12-14)18-4/h7,10-13,15,17H,5-6,8-9H2,1-4H3.